The second-order valence-corrected chi connectivity index (χ2v) is 5.24. The normalized spacial score (nSPS) is 16.6. The molecule has 1 amide bonds. The molecule has 1 rings (SSSR count). The van der Waals surface area contributed by atoms with E-state index in [0.29, 0.717) is 25.0 Å². The van der Waals surface area contributed by atoms with Gasteiger partial charge >= 0.3 is 6.09 Å². The van der Waals surface area contributed by atoms with Crippen LogP contribution in [0.25, 0.3) is 0 Å². The van der Waals surface area contributed by atoms with Gasteiger partial charge in [-0.25, -0.2) is 4.79 Å². The summed E-state index contributed by atoms with van der Waals surface area (Å²) < 4.78 is 10.2. The van der Waals surface area contributed by atoms with Gasteiger partial charge in [-0.2, -0.15) is 0 Å². The summed E-state index contributed by atoms with van der Waals surface area (Å²) in [6, 6.07) is -0.548. The number of amides is 1. The highest BCUT2D eigenvalue weighted by atomic mass is 16.6. The van der Waals surface area contributed by atoms with Gasteiger partial charge in [-0.1, -0.05) is 6.92 Å². The van der Waals surface area contributed by atoms with Crippen molar-refractivity contribution in [3.63, 3.8) is 0 Å². The Balaban J connectivity index is 2.56. The van der Waals surface area contributed by atoms with Gasteiger partial charge in [-0.3, -0.25) is 4.79 Å². The topological polar surface area (TPSA) is 64.6 Å². The van der Waals surface area contributed by atoms with E-state index in [-0.39, 0.29) is 5.78 Å². The van der Waals surface area contributed by atoms with Crippen LogP contribution in [-0.2, 0) is 14.3 Å². The average Bonchev–Trinajstić information content (AvgIpc) is 2.75. The molecule has 1 aliphatic heterocycles. The number of alkyl carbamates (subject to hydrolysis) is 1. The summed E-state index contributed by atoms with van der Waals surface area (Å²) in [5.74, 6) is -0.0964. The lowest BCUT2D eigenvalue weighted by atomic mass is 10.0. The molecule has 1 N–H and O–H groups in total. The monoisotopic (exact) mass is 255 g/mol. The number of carbonyl (C=O) groups excluding carboxylic acids is 2. The molecule has 18 heavy (non-hydrogen) atoms. The van der Waals surface area contributed by atoms with Crippen LogP contribution >= 0.6 is 0 Å². The number of rotatable bonds is 4. The lowest BCUT2D eigenvalue weighted by molar-refractivity contribution is -0.117. The van der Waals surface area contributed by atoms with Gasteiger partial charge in [0, 0.05) is 12.0 Å². The average molecular weight is 255 g/mol. The molecule has 1 aliphatic rings. The number of carbonyl (C=O) groups is 2. The lowest BCUT2D eigenvalue weighted by Crippen LogP contribution is -2.43. The predicted octanol–water partition coefficient (Wildman–Crippen LogP) is 2.16. The molecule has 0 aromatic rings. The number of ketones is 1. The van der Waals surface area contributed by atoms with Gasteiger partial charge in [0.2, 0.25) is 0 Å². The highest BCUT2D eigenvalue weighted by Gasteiger charge is 2.26. The Labute approximate surface area is 108 Å². The van der Waals surface area contributed by atoms with Gasteiger partial charge < -0.3 is 14.8 Å². The Morgan fingerprint density at radius 2 is 2.17 bits per heavy atom. The van der Waals surface area contributed by atoms with Gasteiger partial charge in [0.25, 0.3) is 0 Å². The molecule has 1 unspecified atom stereocenters. The van der Waals surface area contributed by atoms with Crippen LogP contribution in [0.15, 0.2) is 11.8 Å². The summed E-state index contributed by atoms with van der Waals surface area (Å²) in [6.45, 7) is 7.72. The Kier molecular flexibility index (Phi) is 4.76. The summed E-state index contributed by atoms with van der Waals surface area (Å²) >= 11 is 0. The molecule has 0 fully saturated rings. The van der Waals surface area contributed by atoms with E-state index in [1.54, 1.807) is 20.8 Å². The minimum Gasteiger partial charge on any atom is -0.500 e. The van der Waals surface area contributed by atoms with E-state index in [1.165, 1.54) is 6.26 Å². The van der Waals surface area contributed by atoms with E-state index in [9.17, 15) is 9.59 Å². The van der Waals surface area contributed by atoms with Crippen molar-refractivity contribution in [1.29, 1.82) is 0 Å². The Hall–Kier alpha value is -1.52. The fourth-order valence-corrected chi connectivity index (χ4v) is 1.60. The third kappa shape index (κ3) is 4.39. The standard InChI is InChI=1S/C13H21NO4/c1-5-10(11(15)9-6-7-17-8-9)14-12(16)18-13(2,3)4/h8,10H,5-7H2,1-4H3,(H,14,16). The second-order valence-electron chi connectivity index (χ2n) is 5.24. The first-order valence-electron chi connectivity index (χ1n) is 6.18. The number of hydrogen-bond acceptors (Lipinski definition) is 4. The molecule has 0 saturated carbocycles. The molecule has 0 aromatic heterocycles. The molecule has 0 bridgehead atoms. The van der Waals surface area contributed by atoms with E-state index in [2.05, 4.69) is 5.32 Å². The van der Waals surface area contributed by atoms with Gasteiger partial charge in [-0.05, 0) is 27.2 Å². The Morgan fingerprint density at radius 3 is 2.61 bits per heavy atom. The largest absolute Gasteiger partial charge is 0.500 e. The fraction of sp³-hybridized carbons (Fsp3) is 0.692. The molecule has 0 saturated heterocycles. The van der Waals surface area contributed by atoms with E-state index in [0.717, 1.165) is 0 Å². The Morgan fingerprint density at radius 1 is 1.50 bits per heavy atom. The van der Waals surface area contributed by atoms with Crippen molar-refractivity contribution >= 4 is 11.9 Å². The van der Waals surface area contributed by atoms with Crippen LogP contribution in [0.5, 0.6) is 0 Å². The van der Waals surface area contributed by atoms with Crippen molar-refractivity contribution in [2.24, 2.45) is 0 Å². The smallest absolute Gasteiger partial charge is 0.408 e. The maximum atomic E-state index is 12.1. The van der Waals surface area contributed by atoms with Crippen molar-refractivity contribution < 1.29 is 19.1 Å². The van der Waals surface area contributed by atoms with Crippen LogP contribution in [0.1, 0.15) is 40.5 Å². The molecule has 0 radical (unpaired) electrons. The molecular weight excluding hydrogens is 234 g/mol. The van der Waals surface area contributed by atoms with Crippen molar-refractivity contribution in [3.05, 3.63) is 11.8 Å². The zero-order chi connectivity index (χ0) is 13.8. The van der Waals surface area contributed by atoms with Crippen LogP contribution < -0.4 is 5.32 Å². The van der Waals surface area contributed by atoms with E-state index in [4.69, 9.17) is 9.47 Å². The third-order valence-corrected chi connectivity index (χ3v) is 2.45. The fourth-order valence-electron chi connectivity index (χ4n) is 1.60. The van der Waals surface area contributed by atoms with E-state index >= 15 is 0 Å². The van der Waals surface area contributed by atoms with Gasteiger partial charge in [0.1, 0.15) is 5.60 Å². The summed E-state index contributed by atoms with van der Waals surface area (Å²) in [4.78, 5) is 23.7. The highest BCUT2D eigenvalue weighted by molar-refractivity contribution is 6.00. The summed E-state index contributed by atoms with van der Waals surface area (Å²) in [5.41, 5.74) is 0.0548. The molecule has 102 valence electrons. The number of hydrogen-bond donors (Lipinski definition) is 1. The molecule has 1 heterocycles. The predicted molar refractivity (Wildman–Crippen MR) is 67.1 cm³/mol. The zero-order valence-electron chi connectivity index (χ0n) is 11.4. The van der Waals surface area contributed by atoms with Crippen LogP contribution in [-0.4, -0.2) is 30.1 Å². The van der Waals surface area contributed by atoms with Crippen LogP contribution in [0.3, 0.4) is 0 Å². The minimum atomic E-state index is -0.568. The van der Waals surface area contributed by atoms with Gasteiger partial charge in [-0.15, -0.1) is 0 Å². The van der Waals surface area contributed by atoms with E-state index in [1.807, 2.05) is 6.92 Å². The minimum absolute atomic E-state index is 0.0964. The first kappa shape index (κ1) is 14.5. The maximum absolute atomic E-state index is 12.1. The van der Waals surface area contributed by atoms with Gasteiger partial charge in [0.15, 0.2) is 5.78 Å². The zero-order valence-corrected chi connectivity index (χ0v) is 11.4. The lowest BCUT2D eigenvalue weighted by Gasteiger charge is -2.22. The molecule has 5 heteroatoms. The van der Waals surface area contributed by atoms with Crippen LogP contribution in [0, 0.1) is 0 Å². The highest BCUT2D eigenvalue weighted by Crippen LogP contribution is 2.15. The first-order valence-corrected chi connectivity index (χ1v) is 6.18. The number of nitrogens with one attached hydrogen (secondary N) is 1. The number of Topliss-reactive ketones (excluding diaryl/α,β-unsaturated/α-hetero) is 1. The third-order valence-electron chi connectivity index (χ3n) is 2.45. The molecule has 0 aromatic carbocycles. The molecule has 5 nitrogen and oxygen atoms in total. The van der Waals surface area contributed by atoms with Crippen LogP contribution in [0.4, 0.5) is 4.79 Å². The summed E-state index contributed by atoms with van der Waals surface area (Å²) in [5, 5.41) is 2.59. The molecule has 1 atom stereocenters. The molecule has 0 spiro atoms. The maximum Gasteiger partial charge on any atom is 0.408 e. The second kappa shape index (κ2) is 5.89. The number of ether oxygens (including phenoxy) is 2. The first-order chi connectivity index (χ1) is 8.33. The SMILES string of the molecule is CCC(NC(=O)OC(C)(C)C)C(=O)C1=COCC1. The van der Waals surface area contributed by atoms with Gasteiger partial charge in [0.05, 0.1) is 18.9 Å². The summed E-state index contributed by atoms with van der Waals surface area (Å²) in [7, 11) is 0. The van der Waals surface area contributed by atoms with Crippen molar-refractivity contribution in [1.82, 2.24) is 5.32 Å². The molecule has 0 aliphatic carbocycles. The van der Waals surface area contributed by atoms with Crippen molar-refractivity contribution in [3.8, 4) is 0 Å². The van der Waals surface area contributed by atoms with Crippen molar-refractivity contribution in [2.75, 3.05) is 6.61 Å². The molecular formula is C13H21NO4. The summed E-state index contributed by atoms with van der Waals surface area (Å²) in [6.07, 6.45) is 2.03. The Bertz CT molecular complexity index is 354. The van der Waals surface area contributed by atoms with Crippen LogP contribution in [0.2, 0.25) is 0 Å². The van der Waals surface area contributed by atoms with E-state index < -0.39 is 17.7 Å². The van der Waals surface area contributed by atoms with Crippen molar-refractivity contribution in [2.45, 2.75) is 52.2 Å². The quantitative estimate of drug-likeness (QED) is 0.836.